The van der Waals surface area contributed by atoms with Gasteiger partial charge in [-0.15, -0.1) is 0 Å². The van der Waals surface area contributed by atoms with E-state index >= 15 is 0 Å². The van der Waals surface area contributed by atoms with Gasteiger partial charge in [-0.1, -0.05) is 48.0 Å². The molecule has 1 atom stereocenters. The molecule has 2 aliphatic rings. The molecule has 0 radical (unpaired) electrons. The summed E-state index contributed by atoms with van der Waals surface area (Å²) in [4.78, 5) is 0. The lowest BCUT2D eigenvalue weighted by atomic mass is 9.96. The summed E-state index contributed by atoms with van der Waals surface area (Å²) in [5.74, 6) is 2.79. The highest BCUT2D eigenvalue weighted by Crippen LogP contribution is 2.37. The summed E-state index contributed by atoms with van der Waals surface area (Å²) >= 11 is 6.78. The normalized spacial score (nSPS) is 15.5. The van der Waals surface area contributed by atoms with Crippen molar-refractivity contribution in [1.29, 1.82) is 5.26 Å². The van der Waals surface area contributed by atoms with Crippen LogP contribution in [0.2, 0.25) is 5.02 Å². The summed E-state index contributed by atoms with van der Waals surface area (Å²) in [6, 6.07) is 26.2. The zero-order valence-electron chi connectivity index (χ0n) is 24.8. The van der Waals surface area contributed by atoms with Crippen molar-refractivity contribution >= 4 is 11.6 Å². The Hall–Kier alpha value is -4.22. The molecule has 0 amide bonds. The van der Waals surface area contributed by atoms with E-state index in [-0.39, 0.29) is 0 Å². The molecule has 0 aromatic heterocycles. The molecule has 0 bridgehead atoms. The largest absolute Gasteiger partial charge is 0.488 e. The Kier molecular flexibility index (Phi) is 9.52. The molecule has 7 nitrogen and oxygen atoms in total. The van der Waals surface area contributed by atoms with E-state index in [0.717, 1.165) is 58.0 Å². The zero-order chi connectivity index (χ0) is 30.3. The van der Waals surface area contributed by atoms with E-state index in [1.807, 2.05) is 48.5 Å². The fourth-order valence-electron chi connectivity index (χ4n) is 5.68. The third kappa shape index (κ3) is 7.11. The summed E-state index contributed by atoms with van der Waals surface area (Å²) < 4.78 is 24.1. The standard InChI is InChI=1S/C36H36ClN3O4/c1-24-28(7-3-9-31(24)27-10-11-33-36(17-27)42-14-13-41-33)23-44-35-18-34(43-22-26-6-2-5-25(15-26)19-38)29(16-32(35)37)20-39-21-30-8-4-12-40-30/h2-3,5-7,9-11,15-18,30,39-40H,4,8,12-14,20-23H2,1H3/t30-/m1/s1. The molecule has 2 heterocycles. The molecule has 0 saturated carbocycles. The molecular weight excluding hydrogens is 574 g/mol. The van der Waals surface area contributed by atoms with Gasteiger partial charge in [0.15, 0.2) is 11.5 Å². The van der Waals surface area contributed by atoms with Crippen molar-refractivity contribution in [3.63, 3.8) is 0 Å². The predicted molar refractivity (Wildman–Crippen MR) is 172 cm³/mol. The van der Waals surface area contributed by atoms with Crippen LogP contribution >= 0.6 is 11.6 Å². The fourth-order valence-corrected chi connectivity index (χ4v) is 5.92. The molecule has 0 aliphatic carbocycles. The van der Waals surface area contributed by atoms with E-state index in [9.17, 15) is 5.26 Å². The second-order valence-corrected chi connectivity index (χ2v) is 11.6. The van der Waals surface area contributed by atoms with Crippen molar-refractivity contribution in [2.45, 2.75) is 45.6 Å². The van der Waals surface area contributed by atoms with E-state index < -0.39 is 0 Å². The first kappa shape index (κ1) is 29.8. The Morgan fingerprint density at radius 2 is 1.77 bits per heavy atom. The van der Waals surface area contributed by atoms with E-state index in [4.69, 9.17) is 30.5 Å². The minimum atomic E-state index is 0.324. The topological polar surface area (TPSA) is 84.8 Å². The van der Waals surface area contributed by atoms with Gasteiger partial charge in [-0.2, -0.15) is 5.26 Å². The number of rotatable bonds is 11. The number of ether oxygens (including phenoxy) is 4. The van der Waals surface area contributed by atoms with Crippen molar-refractivity contribution in [3.8, 4) is 40.2 Å². The Morgan fingerprint density at radius 1 is 0.932 bits per heavy atom. The molecule has 6 rings (SSSR count). The van der Waals surface area contributed by atoms with Crippen molar-refractivity contribution in [3.05, 3.63) is 106 Å². The van der Waals surface area contributed by atoms with Crippen LogP contribution in [0.15, 0.2) is 72.8 Å². The average molecular weight is 610 g/mol. The van der Waals surface area contributed by atoms with Crippen LogP contribution in [0.4, 0.5) is 0 Å². The van der Waals surface area contributed by atoms with Crippen LogP contribution in [0.5, 0.6) is 23.0 Å². The smallest absolute Gasteiger partial charge is 0.161 e. The van der Waals surface area contributed by atoms with Crippen LogP contribution in [0.1, 0.15) is 40.7 Å². The van der Waals surface area contributed by atoms with Gasteiger partial charge >= 0.3 is 0 Å². The van der Waals surface area contributed by atoms with Gasteiger partial charge in [-0.3, -0.25) is 0 Å². The quantitative estimate of drug-likeness (QED) is 0.190. The molecule has 1 fully saturated rings. The van der Waals surface area contributed by atoms with E-state index in [1.165, 1.54) is 12.8 Å². The number of nitriles is 1. The lowest BCUT2D eigenvalue weighted by Crippen LogP contribution is -2.33. The first-order valence-corrected chi connectivity index (χ1v) is 15.4. The molecule has 0 unspecified atom stereocenters. The summed E-state index contributed by atoms with van der Waals surface area (Å²) in [6.45, 7) is 6.44. The maximum atomic E-state index is 9.30. The van der Waals surface area contributed by atoms with Gasteiger partial charge in [0.25, 0.3) is 0 Å². The van der Waals surface area contributed by atoms with Gasteiger partial charge in [0.05, 0.1) is 16.7 Å². The molecule has 4 aromatic rings. The van der Waals surface area contributed by atoms with Gasteiger partial charge in [0.1, 0.15) is 37.9 Å². The molecule has 4 aromatic carbocycles. The van der Waals surface area contributed by atoms with Crippen LogP contribution in [0, 0.1) is 18.3 Å². The van der Waals surface area contributed by atoms with Gasteiger partial charge in [0.2, 0.25) is 0 Å². The molecule has 8 heteroatoms. The SMILES string of the molecule is Cc1c(COc2cc(OCc3cccc(C#N)c3)c(CNC[C@H]3CCCN3)cc2Cl)cccc1-c1ccc2c(c1)OCCO2. The Bertz CT molecular complexity index is 1660. The van der Waals surface area contributed by atoms with Crippen molar-refractivity contribution in [2.24, 2.45) is 0 Å². The summed E-state index contributed by atoms with van der Waals surface area (Å²) in [5.41, 5.74) is 6.82. The number of halogens is 1. The zero-order valence-corrected chi connectivity index (χ0v) is 25.6. The summed E-state index contributed by atoms with van der Waals surface area (Å²) in [5, 5.41) is 16.9. The van der Waals surface area contributed by atoms with Gasteiger partial charge in [0, 0.05) is 30.8 Å². The maximum Gasteiger partial charge on any atom is 0.161 e. The molecule has 1 saturated heterocycles. The van der Waals surface area contributed by atoms with Crippen LogP contribution in [0.25, 0.3) is 11.1 Å². The Morgan fingerprint density at radius 3 is 2.61 bits per heavy atom. The lowest BCUT2D eigenvalue weighted by Gasteiger charge is -2.20. The number of nitrogens with zero attached hydrogens (tertiary/aromatic N) is 1. The first-order chi connectivity index (χ1) is 21.6. The van der Waals surface area contributed by atoms with Crippen LogP contribution in [0.3, 0.4) is 0 Å². The van der Waals surface area contributed by atoms with E-state index in [1.54, 1.807) is 6.07 Å². The molecule has 0 spiro atoms. The molecule has 44 heavy (non-hydrogen) atoms. The van der Waals surface area contributed by atoms with Crippen molar-refractivity contribution < 1.29 is 18.9 Å². The highest BCUT2D eigenvalue weighted by atomic mass is 35.5. The van der Waals surface area contributed by atoms with Crippen molar-refractivity contribution in [1.82, 2.24) is 10.6 Å². The lowest BCUT2D eigenvalue weighted by molar-refractivity contribution is 0.171. The monoisotopic (exact) mass is 609 g/mol. The third-order valence-corrected chi connectivity index (χ3v) is 8.41. The minimum Gasteiger partial charge on any atom is -0.488 e. The molecule has 2 N–H and O–H groups in total. The third-order valence-electron chi connectivity index (χ3n) is 8.12. The van der Waals surface area contributed by atoms with E-state index in [0.29, 0.717) is 61.1 Å². The molecule has 2 aliphatic heterocycles. The maximum absolute atomic E-state index is 9.30. The van der Waals surface area contributed by atoms with Crippen LogP contribution < -0.4 is 29.6 Å². The van der Waals surface area contributed by atoms with Gasteiger partial charge < -0.3 is 29.6 Å². The number of benzene rings is 4. The number of fused-ring (bicyclic) bond motifs is 1. The fraction of sp³-hybridized carbons (Fsp3) is 0.306. The highest BCUT2D eigenvalue weighted by Gasteiger charge is 2.17. The van der Waals surface area contributed by atoms with Crippen LogP contribution in [-0.4, -0.2) is 32.3 Å². The highest BCUT2D eigenvalue weighted by molar-refractivity contribution is 6.32. The Balaban J connectivity index is 1.20. The minimum absolute atomic E-state index is 0.324. The second kappa shape index (κ2) is 14.0. The number of nitrogens with one attached hydrogen (secondary N) is 2. The summed E-state index contributed by atoms with van der Waals surface area (Å²) in [7, 11) is 0. The second-order valence-electron chi connectivity index (χ2n) is 11.2. The van der Waals surface area contributed by atoms with Gasteiger partial charge in [-0.05, 0) is 84.5 Å². The molecular formula is C36H36ClN3O4. The first-order valence-electron chi connectivity index (χ1n) is 15.1. The predicted octanol–water partition coefficient (Wildman–Crippen LogP) is 6.96. The van der Waals surface area contributed by atoms with E-state index in [2.05, 4.69) is 41.8 Å². The van der Waals surface area contributed by atoms with Crippen LogP contribution in [-0.2, 0) is 19.8 Å². The van der Waals surface area contributed by atoms with Gasteiger partial charge in [-0.25, -0.2) is 0 Å². The number of hydrogen-bond acceptors (Lipinski definition) is 7. The summed E-state index contributed by atoms with van der Waals surface area (Å²) in [6.07, 6.45) is 2.38. The molecule has 226 valence electrons. The van der Waals surface area contributed by atoms with Crippen molar-refractivity contribution in [2.75, 3.05) is 26.3 Å². The number of hydrogen-bond donors (Lipinski definition) is 2. The average Bonchev–Trinajstić information content (AvgIpc) is 3.58. The Labute approximate surface area is 263 Å².